The van der Waals surface area contributed by atoms with E-state index in [1.807, 2.05) is 11.3 Å². The van der Waals surface area contributed by atoms with E-state index in [0.717, 1.165) is 19.4 Å². The van der Waals surface area contributed by atoms with E-state index in [9.17, 15) is 9.90 Å². The first-order chi connectivity index (χ1) is 8.15. The molecule has 3 heterocycles. The molecular formula is C13H17NO2S. The second-order valence-electron chi connectivity index (χ2n) is 5.16. The molecule has 1 aromatic heterocycles. The number of aliphatic carboxylic acids is 1. The maximum Gasteiger partial charge on any atom is 0.308 e. The largest absolute Gasteiger partial charge is 0.481 e. The first-order valence-electron chi connectivity index (χ1n) is 6.19. The highest BCUT2D eigenvalue weighted by molar-refractivity contribution is 7.11. The predicted molar refractivity (Wildman–Crippen MR) is 67.2 cm³/mol. The molecule has 17 heavy (non-hydrogen) atoms. The van der Waals surface area contributed by atoms with Gasteiger partial charge in [-0.05, 0) is 38.3 Å². The van der Waals surface area contributed by atoms with E-state index in [1.165, 1.54) is 16.2 Å². The maximum absolute atomic E-state index is 11.2. The van der Waals surface area contributed by atoms with E-state index in [1.54, 1.807) is 0 Å². The average Bonchev–Trinajstić information content (AvgIpc) is 2.95. The number of thiophene rings is 1. The predicted octanol–water partition coefficient (Wildman–Crippen LogP) is 2.49. The normalized spacial score (nSPS) is 32.2. The summed E-state index contributed by atoms with van der Waals surface area (Å²) in [7, 11) is 0. The minimum Gasteiger partial charge on any atom is -0.481 e. The van der Waals surface area contributed by atoms with E-state index < -0.39 is 5.97 Å². The van der Waals surface area contributed by atoms with Gasteiger partial charge in [-0.1, -0.05) is 0 Å². The Labute approximate surface area is 105 Å². The second-order valence-corrected chi connectivity index (χ2v) is 6.54. The van der Waals surface area contributed by atoms with Crippen LogP contribution in [0.2, 0.25) is 0 Å². The van der Waals surface area contributed by atoms with Crippen LogP contribution in [-0.2, 0) is 11.3 Å². The molecule has 1 N–H and O–H groups in total. The van der Waals surface area contributed by atoms with Crippen molar-refractivity contribution in [3.05, 3.63) is 21.9 Å². The second kappa shape index (κ2) is 4.10. The van der Waals surface area contributed by atoms with E-state index >= 15 is 0 Å². The molecule has 0 amide bonds. The van der Waals surface area contributed by atoms with Crippen LogP contribution >= 0.6 is 11.3 Å². The van der Waals surface area contributed by atoms with Crippen molar-refractivity contribution in [1.82, 2.24) is 4.90 Å². The van der Waals surface area contributed by atoms with Crippen molar-refractivity contribution in [2.24, 2.45) is 5.92 Å². The Morgan fingerprint density at radius 2 is 2.35 bits per heavy atom. The Kier molecular flexibility index (Phi) is 2.71. The van der Waals surface area contributed by atoms with Crippen molar-refractivity contribution in [3.8, 4) is 0 Å². The zero-order valence-electron chi connectivity index (χ0n) is 9.93. The first kappa shape index (κ1) is 11.2. The van der Waals surface area contributed by atoms with Gasteiger partial charge in [0.05, 0.1) is 5.92 Å². The highest BCUT2D eigenvalue weighted by Crippen LogP contribution is 2.43. The first-order valence-corrected chi connectivity index (χ1v) is 7.00. The molecule has 0 aliphatic carbocycles. The molecule has 2 bridgehead atoms. The van der Waals surface area contributed by atoms with Gasteiger partial charge in [0.15, 0.2) is 0 Å². The number of carbonyl (C=O) groups is 1. The molecule has 0 aromatic carbocycles. The molecule has 2 saturated heterocycles. The van der Waals surface area contributed by atoms with Gasteiger partial charge < -0.3 is 5.11 Å². The summed E-state index contributed by atoms with van der Waals surface area (Å²) in [5.74, 6) is -0.737. The number of aryl methyl sites for hydroxylation is 1. The van der Waals surface area contributed by atoms with Crippen LogP contribution in [0.15, 0.2) is 12.1 Å². The van der Waals surface area contributed by atoms with Crippen molar-refractivity contribution < 1.29 is 9.90 Å². The Bertz CT molecular complexity index is 442. The van der Waals surface area contributed by atoms with Crippen molar-refractivity contribution in [2.45, 2.75) is 44.8 Å². The van der Waals surface area contributed by atoms with Crippen molar-refractivity contribution >= 4 is 17.3 Å². The summed E-state index contributed by atoms with van der Waals surface area (Å²) in [4.78, 5) is 16.3. The molecule has 2 aliphatic heterocycles. The summed E-state index contributed by atoms with van der Waals surface area (Å²) >= 11 is 1.83. The number of hydrogen-bond acceptors (Lipinski definition) is 3. The summed E-state index contributed by atoms with van der Waals surface area (Å²) < 4.78 is 0. The molecule has 0 saturated carbocycles. The van der Waals surface area contributed by atoms with Crippen LogP contribution in [0.25, 0.3) is 0 Å². The molecule has 0 spiro atoms. The fourth-order valence-electron chi connectivity index (χ4n) is 3.36. The standard InChI is InChI=1S/C13H17NO2S/c1-8-2-4-10(17-8)7-14-9-3-5-12(14)11(6-9)13(15)16/h2,4,9,11-12H,3,5-7H2,1H3,(H,15,16). The van der Waals surface area contributed by atoms with E-state index in [4.69, 9.17) is 0 Å². The molecule has 3 unspecified atom stereocenters. The van der Waals surface area contributed by atoms with Crippen LogP contribution in [0, 0.1) is 12.8 Å². The topological polar surface area (TPSA) is 40.5 Å². The van der Waals surface area contributed by atoms with Crippen molar-refractivity contribution in [1.29, 1.82) is 0 Å². The third-order valence-electron chi connectivity index (χ3n) is 4.13. The lowest BCUT2D eigenvalue weighted by atomic mass is 9.89. The molecule has 0 radical (unpaired) electrons. The summed E-state index contributed by atoms with van der Waals surface area (Å²) in [6.45, 7) is 3.06. The van der Waals surface area contributed by atoms with Gasteiger partial charge >= 0.3 is 5.97 Å². The minimum absolute atomic E-state index is 0.130. The molecule has 1 aromatic rings. The quantitative estimate of drug-likeness (QED) is 0.897. The maximum atomic E-state index is 11.2. The Hall–Kier alpha value is -0.870. The van der Waals surface area contributed by atoms with Gasteiger partial charge in [-0.2, -0.15) is 0 Å². The molecule has 92 valence electrons. The van der Waals surface area contributed by atoms with Crippen LogP contribution in [-0.4, -0.2) is 28.1 Å². The summed E-state index contributed by atoms with van der Waals surface area (Å²) in [6, 6.07) is 5.10. The van der Waals surface area contributed by atoms with Crippen molar-refractivity contribution in [3.63, 3.8) is 0 Å². The smallest absolute Gasteiger partial charge is 0.308 e. The van der Waals surface area contributed by atoms with E-state index in [2.05, 4.69) is 24.0 Å². The number of carboxylic acids is 1. The fourth-order valence-corrected chi connectivity index (χ4v) is 4.26. The fraction of sp³-hybridized carbons (Fsp3) is 0.615. The Balaban J connectivity index is 1.75. The Morgan fingerprint density at radius 3 is 2.94 bits per heavy atom. The molecule has 3 rings (SSSR count). The Morgan fingerprint density at radius 1 is 1.53 bits per heavy atom. The number of carboxylic acid groups (broad SMARTS) is 1. The monoisotopic (exact) mass is 251 g/mol. The molecule has 3 atom stereocenters. The zero-order valence-corrected chi connectivity index (χ0v) is 10.7. The highest BCUT2D eigenvalue weighted by Gasteiger charge is 2.48. The van der Waals surface area contributed by atoms with Crippen LogP contribution in [0.1, 0.15) is 29.0 Å². The summed E-state index contributed by atoms with van der Waals surface area (Å²) in [6.07, 6.45) is 3.09. The van der Waals surface area contributed by atoms with Gasteiger partial charge in [0, 0.05) is 28.4 Å². The van der Waals surface area contributed by atoms with Crippen LogP contribution in [0.3, 0.4) is 0 Å². The number of rotatable bonds is 3. The molecule has 2 fully saturated rings. The zero-order chi connectivity index (χ0) is 12.0. The summed E-state index contributed by atoms with van der Waals surface area (Å²) in [5.41, 5.74) is 0. The van der Waals surface area contributed by atoms with E-state index in [-0.39, 0.29) is 12.0 Å². The summed E-state index contributed by atoms with van der Waals surface area (Å²) in [5, 5.41) is 9.20. The molecule has 4 heteroatoms. The van der Waals surface area contributed by atoms with E-state index in [0.29, 0.717) is 6.04 Å². The minimum atomic E-state index is -0.607. The van der Waals surface area contributed by atoms with Crippen LogP contribution < -0.4 is 0 Å². The van der Waals surface area contributed by atoms with Gasteiger partial charge in [-0.15, -0.1) is 11.3 Å². The van der Waals surface area contributed by atoms with Gasteiger partial charge in [0.25, 0.3) is 0 Å². The number of hydrogen-bond donors (Lipinski definition) is 1. The van der Waals surface area contributed by atoms with Crippen LogP contribution in [0.4, 0.5) is 0 Å². The lowest BCUT2D eigenvalue weighted by Gasteiger charge is -2.21. The van der Waals surface area contributed by atoms with Crippen molar-refractivity contribution in [2.75, 3.05) is 0 Å². The third-order valence-corrected chi connectivity index (χ3v) is 5.12. The molecule has 3 nitrogen and oxygen atoms in total. The molecule has 2 aliphatic rings. The van der Waals surface area contributed by atoms with Gasteiger partial charge in [-0.3, -0.25) is 9.69 Å². The number of fused-ring (bicyclic) bond motifs is 2. The van der Waals surface area contributed by atoms with Gasteiger partial charge in [-0.25, -0.2) is 0 Å². The van der Waals surface area contributed by atoms with Crippen LogP contribution in [0.5, 0.6) is 0 Å². The highest BCUT2D eigenvalue weighted by atomic mass is 32.1. The lowest BCUT2D eigenvalue weighted by molar-refractivity contribution is -0.142. The number of nitrogens with zero attached hydrogens (tertiary/aromatic N) is 1. The third kappa shape index (κ3) is 1.89. The lowest BCUT2D eigenvalue weighted by Crippen LogP contribution is -2.32. The van der Waals surface area contributed by atoms with Gasteiger partial charge in [0.1, 0.15) is 0 Å². The average molecular weight is 251 g/mol. The van der Waals surface area contributed by atoms with Gasteiger partial charge in [0.2, 0.25) is 0 Å². The molecular weight excluding hydrogens is 234 g/mol. The SMILES string of the molecule is Cc1ccc(CN2C3CCC2C(C(=O)O)C3)s1.